The zero-order chi connectivity index (χ0) is 23.7. The van der Waals surface area contributed by atoms with E-state index in [0.717, 1.165) is 52.4 Å². The number of benzene rings is 3. The van der Waals surface area contributed by atoms with E-state index >= 15 is 0 Å². The Hall–Kier alpha value is -3.24. The summed E-state index contributed by atoms with van der Waals surface area (Å²) in [5, 5.41) is 7.93. The van der Waals surface area contributed by atoms with Crippen molar-refractivity contribution in [2.45, 2.75) is 51.2 Å². The van der Waals surface area contributed by atoms with Crippen molar-refractivity contribution >= 4 is 28.8 Å². The number of Topliss-reactive ketones (excluding diaryl/α,β-unsaturated/α-hetero) is 1. The number of carbonyl (C=O) groups is 1. The van der Waals surface area contributed by atoms with Crippen molar-refractivity contribution in [3.8, 4) is 5.75 Å². The Bertz CT molecular complexity index is 1230. The summed E-state index contributed by atoms with van der Waals surface area (Å²) < 4.78 is 5.96. The predicted octanol–water partition coefficient (Wildman–Crippen LogP) is 7.50. The molecule has 5 heteroatoms. The summed E-state index contributed by atoms with van der Waals surface area (Å²) in [7, 11) is 0. The number of hydrogen-bond acceptors (Lipinski definition) is 4. The van der Waals surface area contributed by atoms with Gasteiger partial charge in [-0.1, -0.05) is 61.0 Å². The quantitative estimate of drug-likeness (QED) is 0.403. The van der Waals surface area contributed by atoms with Crippen LogP contribution in [0.5, 0.6) is 5.75 Å². The van der Waals surface area contributed by atoms with Crippen LogP contribution in [0.3, 0.4) is 0 Å². The van der Waals surface area contributed by atoms with Gasteiger partial charge in [-0.3, -0.25) is 4.79 Å². The van der Waals surface area contributed by atoms with Crippen molar-refractivity contribution in [1.29, 1.82) is 0 Å². The molecule has 0 fully saturated rings. The number of ether oxygens (including phenoxy) is 1. The van der Waals surface area contributed by atoms with Crippen LogP contribution in [0.4, 0.5) is 11.4 Å². The van der Waals surface area contributed by atoms with Gasteiger partial charge in [0.1, 0.15) is 5.75 Å². The van der Waals surface area contributed by atoms with Crippen molar-refractivity contribution in [2.24, 2.45) is 0 Å². The molecule has 1 heterocycles. The minimum Gasteiger partial charge on any atom is -0.491 e. The summed E-state index contributed by atoms with van der Waals surface area (Å²) in [4.78, 5) is 13.7. The molecule has 0 bridgehead atoms. The van der Waals surface area contributed by atoms with E-state index in [1.807, 2.05) is 60.7 Å². The highest BCUT2D eigenvalue weighted by Gasteiger charge is 2.36. The minimum atomic E-state index is -0.247. The van der Waals surface area contributed by atoms with E-state index in [2.05, 4.69) is 36.6 Å². The number of para-hydroxylation sites is 2. The lowest BCUT2D eigenvalue weighted by atomic mass is 9.78. The van der Waals surface area contributed by atoms with Crippen LogP contribution in [0, 0.1) is 0 Å². The highest BCUT2D eigenvalue weighted by molar-refractivity contribution is 6.31. The van der Waals surface area contributed by atoms with E-state index in [1.165, 1.54) is 0 Å². The molecule has 2 N–H and O–H groups in total. The Morgan fingerprint density at radius 2 is 1.68 bits per heavy atom. The van der Waals surface area contributed by atoms with Gasteiger partial charge in [0.05, 0.1) is 23.5 Å². The van der Waals surface area contributed by atoms with Gasteiger partial charge in [0.2, 0.25) is 0 Å². The molecule has 3 aromatic rings. The molecule has 0 saturated heterocycles. The van der Waals surface area contributed by atoms with Gasteiger partial charge in [-0.15, -0.1) is 0 Å². The van der Waals surface area contributed by atoms with Crippen LogP contribution < -0.4 is 15.4 Å². The molecule has 4 nitrogen and oxygen atoms in total. The number of ketones is 1. The van der Waals surface area contributed by atoms with Crippen LogP contribution in [-0.4, -0.2) is 11.9 Å². The third kappa shape index (κ3) is 4.43. The fraction of sp³-hybridized carbons (Fsp3) is 0.276. The number of hydrogen-bond donors (Lipinski definition) is 2. The monoisotopic (exact) mass is 472 g/mol. The first-order valence-electron chi connectivity index (χ1n) is 11.9. The molecule has 5 rings (SSSR count). The van der Waals surface area contributed by atoms with Crippen LogP contribution in [0.2, 0.25) is 5.02 Å². The minimum absolute atomic E-state index is 0.0460. The van der Waals surface area contributed by atoms with Gasteiger partial charge in [0.15, 0.2) is 5.78 Å². The van der Waals surface area contributed by atoms with Gasteiger partial charge in [0, 0.05) is 22.7 Å². The summed E-state index contributed by atoms with van der Waals surface area (Å²) in [6, 6.07) is 23.8. The maximum atomic E-state index is 13.7. The number of allylic oxidation sites excluding steroid dienone is 1. The van der Waals surface area contributed by atoms with Gasteiger partial charge in [-0.25, -0.2) is 0 Å². The van der Waals surface area contributed by atoms with Crippen molar-refractivity contribution in [1.82, 2.24) is 0 Å². The lowest BCUT2D eigenvalue weighted by Crippen LogP contribution is -2.27. The smallest absolute Gasteiger partial charge is 0.163 e. The fourth-order valence-corrected chi connectivity index (χ4v) is 5.11. The van der Waals surface area contributed by atoms with Crippen LogP contribution >= 0.6 is 11.6 Å². The molecule has 0 amide bonds. The molecule has 1 aliphatic heterocycles. The molecule has 174 valence electrons. The SMILES string of the molecule is CCC(C)Oc1ccc(C2Nc3ccccc3NC3=C2C(=O)CC(c2ccccc2Cl)C3)cc1. The summed E-state index contributed by atoms with van der Waals surface area (Å²) in [6.07, 6.45) is 2.28. The third-order valence-electron chi connectivity index (χ3n) is 6.78. The number of carbonyl (C=O) groups excluding carboxylic acids is 1. The van der Waals surface area contributed by atoms with E-state index in [0.29, 0.717) is 11.4 Å². The van der Waals surface area contributed by atoms with E-state index in [9.17, 15) is 4.79 Å². The van der Waals surface area contributed by atoms with Crippen LogP contribution in [0.25, 0.3) is 0 Å². The molecular weight excluding hydrogens is 444 g/mol. The highest BCUT2D eigenvalue weighted by atomic mass is 35.5. The van der Waals surface area contributed by atoms with E-state index in [1.54, 1.807) is 0 Å². The molecule has 0 aromatic heterocycles. The molecule has 3 atom stereocenters. The lowest BCUT2D eigenvalue weighted by Gasteiger charge is -2.30. The highest BCUT2D eigenvalue weighted by Crippen LogP contribution is 2.45. The molecular formula is C29H29ClN2O2. The van der Waals surface area contributed by atoms with E-state index in [-0.39, 0.29) is 23.8 Å². The van der Waals surface area contributed by atoms with Gasteiger partial charge < -0.3 is 15.4 Å². The van der Waals surface area contributed by atoms with Crippen LogP contribution in [0.1, 0.15) is 56.2 Å². The first-order valence-corrected chi connectivity index (χ1v) is 12.3. The number of anilines is 2. The zero-order valence-corrected chi connectivity index (χ0v) is 20.2. The van der Waals surface area contributed by atoms with Crippen LogP contribution in [-0.2, 0) is 4.79 Å². The first-order chi connectivity index (χ1) is 16.5. The fourth-order valence-electron chi connectivity index (χ4n) is 4.82. The molecule has 34 heavy (non-hydrogen) atoms. The molecule has 2 aliphatic rings. The Morgan fingerprint density at radius 3 is 2.41 bits per heavy atom. The Balaban J connectivity index is 1.54. The van der Waals surface area contributed by atoms with E-state index < -0.39 is 0 Å². The number of fused-ring (bicyclic) bond motifs is 1. The van der Waals surface area contributed by atoms with Crippen molar-refractivity contribution < 1.29 is 9.53 Å². The Labute approximate surface area is 206 Å². The van der Waals surface area contributed by atoms with Gasteiger partial charge in [0.25, 0.3) is 0 Å². The molecule has 1 aliphatic carbocycles. The second kappa shape index (κ2) is 9.55. The average Bonchev–Trinajstić information content (AvgIpc) is 3.01. The second-order valence-corrected chi connectivity index (χ2v) is 9.50. The normalized spacial score (nSPS) is 20.4. The van der Waals surface area contributed by atoms with Gasteiger partial charge >= 0.3 is 0 Å². The topological polar surface area (TPSA) is 50.4 Å². The van der Waals surface area contributed by atoms with Gasteiger partial charge in [-0.05, 0) is 67.1 Å². The molecule has 0 radical (unpaired) electrons. The van der Waals surface area contributed by atoms with Crippen molar-refractivity contribution in [2.75, 3.05) is 10.6 Å². The first kappa shape index (κ1) is 22.5. The molecule has 3 unspecified atom stereocenters. The molecule has 0 spiro atoms. The maximum Gasteiger partial charge on any atom is 0.163 e. The lowest BCUT2D eigenvalue weighted by molar-refractivity contribution is -0.116. The Morgan fingerprint density at radius 1 is 0.971 bits per heavy atom. The van der Waals surface area contributed by atoms with Crippen molar-refractivity contribution in [3.05, 3.63) is 100 Å². The number of rotatable bonds is 5. The molecule has 3 aromatic carbocycles. The third-order valence-corrected chi connectivity index (χ3v) is 7.12. The van der Waals surface area contributed by atoms with Crippen LogP contribution in [0.15, 0.2) is 84.1 Å². The largest absolute Gasteiger partial charge is 0.491 e. The zero-order valence-electron chi connectivity index (χ0n) is 19.5. The summed E-state index contributed by atoms with van der Waals surface area (Å²) in [5.74, 6) is 1.03. The average molecular weight is 473 g/mol. The predicted molar refractivity (Wildman–Crippen MR) is 139 cm³/mol. The van der Waals surface area contributed by atoms with E-state index in [4.69, 9.17) is 16.3 Å². The number of halogens is 1. The summed E-state index contributed by atoms with van der Waals surface area (Å²) >= 11 is 6.51. The summed E-state index contributed by atoms with van der Waals surface area (Å²) in [6.45, 7) is 4.17. The summed E-state index contributed by atoms with van der Waals surface area (Å²) in [5.41, 5.74) is 5.77. The standard InChI is InChI=1S/C29H29ClN2O2/c1-3-18(2)34-21-14-12-19(13-15-21)29-28-26(31-24-10-6-7-11-25(24)32-29)16-20(17-27(28)33)22-8-4-5-9-23(22)30/h4-15,18,20,29,31-32H,3,16-17H2,1-2H3. The molecule has 0 saturated carbocycles. The number of nitrogens with one attached hydrogen (secondary N) is 2. The van der Waals surface area contributed by atoms with Crippen molar-refractivity contribution in [3.63, 3.8) is 0 Å². The Kier molecular flexibility index (Phi) is 6.34. The maximum absolute atomic E-state index is 13.7. The second-order valence-electron chi connectivity index (χ2n) is 9.10. The van der Waals surface area contributed by atoms with Gasteiger partial charge in [-0.2, -0.15) is 0 Å².